The molecule has 1 saturated heterocycles. The van der Waals surface area contributed by atoms with Gasteiger partial charge in [0.1, 0.15) is 0 Å². The third-order valence-electron chi connectivity index (χ3n) is 4.50. The largest absolute Gasteiger partial charge is 0.379 e. The molecule has 0 atom stereocenters. The van der Waals surface area contributed by atoms with Crippen LogP contribution in [0.5, 0.6) is 0 Å². The maximum absolute atomic E-state index is 12.8. The topological polar surface area (TPSA) is 106 Å². The Morgan fingerprint density at radius 1 is 1.11 bits per heavy atom. The molecule has 0 aliphatic carbocycles. The summed E-state index contributed by atoms with van der Waals surface area (Å²) in [6, 6.07) is 11.5. The van der Waals surface area contributed by atoms with Crippen molar-refractivity contribution in [2.75, 3.05) is 26.3 Å². The van der Waals surface area contributed by atoms with Crippen LogP contribution in [0.15, 0.2) is 53.6 Å². The lowest BCUT2D eigenvalue weighted by Crippen LogP contribution is -2.40. The molecule has 1 aromatic carbocycles. The van der Waals surface area contributed by atoms with Gasteiger partial charge in [0.05, 0.1) is 24.7 Å². The Balaban J connectivity index is 1.50. The van der Waals surface area contributed by atoms with Crippen molar-refractivity contribution < 1.29 is 17.9 Å². The average Bonchev–Trinajstić information content (AvgIpc) is 3.16. The van der Waals surface area contributed by atoms with Gasteiger partial charge in [0.15, 0.2) is 11.5 Å². The summed E-state index contributed by atoms with van der Waals surface area (Å²) < 4.78 is 33.9. The monoisotopic (exact) mass is 401 g/mol. The van der Waals surface area contributed by atoms with Crippen LogP contribution >= 0.6 is 0 Å². The van der Waals surface area contributed by atoms with Gasteiger partial charge in [0.2, 0.25) is 10.0 Å². The summed E-state index contributed by atoms with van der Waals surface area (Å²) in [5.74, 6) is 0.202. The predicted octanol–water partition coefficient (Wildman–Crippen LogP) is 0.680. The highest BCUT2D eigenvalue weighted by molar-refractivity contribution is 7.89. The molecule has 0 saturated carbocycles. The summed E-state index contributed by atoms with van der Waals surface area (Å²) in [5.41, 5.74) is 0.952. The minimum Gasteiger partial charge on any atom is -0.379 e. The minimum atomic E-state index is -3.66. The lowest BCUT2D eigenvalue weighted by Gasteiger charge is -2.26. The van der Waals surface area contributed by atoms with Crippen LogP contribution in [0.1, 0.15) is 16.2 Å². The first-order valence-electron chi connectivity index (χ1n) is 8.80. The van der Waals surface area contributed by atoms with Gasteiger partial charge in [0.25, 0.3) is 5.91 Å². The van der Waals surface area contributed by atoms with E-state index in [0.29, 0.717) is 37.8 Å². The van der Waals surface area contributed by atoms with E-state index in [-0.39, 0.29) is 22.9 Å². The van der Waals surface area contributed by atoms with Crippen LogP contribution in [0.3, 0.4) is 0 Å². The molecule has 1 fully saturated rings. The lowest BCUT2D eigenvalue weighted by molar-refractivity contribution is 0.0730. The maximum Gasteiger partial charge on any atom is 0.251 e. The van der Waals surface area contributed by atoms with E-state index in [0.717, 1.165) is 0 Å². The number of nitrogens with one attached hydrogen (secondary N) is 1. The number of nitrogens with zero attached hydrogens (tertiary/aromatic N) is 4. The molecule has 1 aliphatic rings. The Kier molecular flexibility index (Phi) is 5.07. The smallest absolute Gasteiger partial charge is 0.251 e. The molecule has 0 unspecified atom stereocenters. The van der Waals surface area contributed by atoms with Crippen molar-refractivity contribution in [1.82, 2.24) is 24.2 Å². The average molecular weight is 401 g/mol. The third-order valence-corrected chi connectivity index (χ3v) is 6.39. The molecular weight excluding hydrogens is 382 g/mol. The quantitative estimate of drug-likeness (QED) is 0.674. The number of amides is 1. The van der Waals surface area contributed by atoms with Crippen LogP contribution in [0.2, 0.25) is 0 Å². The van der Waals surface area contributed by atoms with Crippen molar-refractivity contribution in [2.45, 2.75) is 11.4 Å². The number of sulfonamides is 1. The molecule has 10 heteroatoms. The molecule has 2 aromatic heterocycles. The second-order valence-corrected chi connectivity index (χ2v) is 8.21. The van der Waals surface area contributed by atoms with E-state index in [9.17, 15) is 13.2 Å². The molecule has 1 aliphatic heterocycles. The summed E-state index contributed by atoms with van der Waals surface area (Å²) in [4.78, 5) is 12.6. The molecule has 0 bridgehead atoms. The van der Waals surface area contributed by atoms with Gasteiger partial charge in [-0.25, -0.2) is 8.42 Å². The van der Waals surface area contributed by atoms with E-state index in [1.54, 1.807) is 16.5 Å². The van der Waals surface area contributed by atoms with Crippen molar-refractivity contribution >= 4 is 21.6 Å². The number of ether oxygens (including phenoxy) is 1. The number of carbonyl (C=O) groups excluding carboxylic acids is 1. The van der Waals surface area contributed by atoms with Crippen molar-refractivity contribution in [3.63, 3.8) is 0 Å². The number of benzene rings is 1. The van der Waals surface area contributed by atoms with E-state index < -0.39 is 10.0 Å². The van der Waals surface area contributed by atoms with Crippen molar-refractivity contribution in [3.05, 3.63) is 60.0 Å². The van der Waals surface area contributed by atoms with Crippen molar-refractivity contribution in [1.29, 1.82) is 0 Å². The fourth-order valence-electron chi connectivity index (χ4n) is 3.01. The molecule has 0 radical (unpaired) electrons. The maximum atomic E-state index is 12.8. The van der Waals surface area contributed by atoms with Crippen LogP contribution in [0.25, 0.3) is 5.65 Å². The molecule has 3 aromatic rings. The van der Waals surface area contributed by atoms with E-state index >= 15 is 0 Å². The number of fused-ring (bicyclic) bond motifs is 1. The standard InChI is InChI=1S/C18H19N5O4S/c24-18(19-13-17-21-20-16-6-1-2-7-23(16)17)14-4-3-5-15(12-14)28(25,26)22-8-10-27-11-9-22/h1-7,12H,8-11,13H2,(H,19,24). The van der Waals surface area contributed by atoms with Crippen LogP contribution < -0.4 is 5.32 Å². The molecule has 28 heavy (non-hydrogen) atoms. The third kappa shape index (κ3) is 3.61. The highest BCUT2D eigenvalue weighted by atomic mass is 32.2. The first-order chi connectivity index (χ1) is 13.6. The van der Waals surface area contributed by atoms with Gasteiger partial charge in [0, 0.05) is 24.8 Å². The van der Waals surface area contributed by atoms with Gasteiger partial charge in [-0.05, 0) is 30.3 Å². The molecule has 1 amide bonds. The van der Waals surface area contributed by atoms with Gasteiger partial charge in [-0.1, -0.05) is 12.1 Å². The summed E-state index contributed by atoms with van der Waals surface area (Å²) in [7, 11) is -3.66. The Labute approximate surface area is 162 Å². The summed E-state index contributed by atoms with van der Waals surface area (Å²) >= 11 is 0. The molecule has 3 heterocycles. The van der Waals surface area contributed by atoms with Crippen LogP contribution in [0, 0.1) is 0 Å². The molecule has 4 rings (SSSR count). The highest BCUT2D eigenvalue weighted by Gasteiger charge is 2.26. The van der Waals surface area contributed by atoms with Gasteiger partial charge >= 0.3 is 0 Å². The van der Waals surface area contributed by atoms with Gasteiger partial charge in [-0.3, -0.25) is 9.20 Å². The van der Waals surface area contributed by atoms with E-state index in [1.165, 1.54) is 16.4 Å². The van der Waals surface area contributed by atoms with Crippen LogP contribution in [-0.4, -0.2) is 59.5 Å². The van der Waals surface area contributed by atoms with E-state index in [4.69, 9.17) is 4.74 Å². The Hall–Kier alpha value is -2.82. The predicted molar refractivity (Wildman–Crippen MR) is 100 cm³/mol. The van der Waals surface area contributed by atoms with Gasteiger partial charge in [-0.2, -0.15) is 4.31 Å². The number of carbonyl (C=O) groups is 1. The van der Waals surface area contributed by atoms with Crippen LogP contribution in [0.4, 0.5) is 0 Å². The summed E-state index contributed by atoms with van der Waals surface area (Å²) in [6.45, 7) is 1.51. The second-order valence-electron chi connectivity index (χ2n) is 6.27. The zero-order chi connectivity index (χ0) is 19.6. The first-order valence-corrected chi connectivity index (χ1v) is 10.2. The second kappa shape index (κ2) is 7.66. The SMILES string of the molecule is O=C(NCc1nnc2ccccn12)c1cccc(S(=O)(=O)N2CCOCC2)c1. The Morgan fingerprint density at radius 2 is 1.93 bits per heavy atom. The molecular formula is C18H19N5O4S. The van der Waals surface area contributed by atoms with Gasteiger partial charge < -0.3 is 10.1 Å². The van der Waals surface area contributed by atoms with Crippen molar-refractivity contribution in [3.8, 4) is 0 Å². The normalized spacial score (nSPS) is 15.6. The first kappa shape index (κ1) is 18.5. The van der Waals surface area contributed by atoms with E-state index in [2.05, 4.69) is 15.5 Å². The van der Waals surface area contributed by atoms with Crippen LogP contribution in [-0.2, 0) is 21.3 Å². The highest BCUT2D eigenvalue weighted by Crippen LogP contribution is 2.18. The zero-order valence-electron chi connectivity index (χ0n) is 15.0. The van der Waals surface area contributed by atoms with Gasteiger partial charge in [-0.15, -0.1) is 10.2 Å². The molecule has 9 nitrogen and oxygen atoms in total. The number of aromatic nitrogens is 3. The van der Waals surface area contributed by atoms with Crippen molar-refractivity contribution in [2.24, 2.45) is 0 Å². The number of pyridine rings is 1. The molecule has 0 spiro atoms. The Bertz CT molecular complexity index is 1110. The molecule has 1 N–H and O–H groups in total. The zero-order valence-corrected chi connectivity index (χ0v) is 15.8. The fraction of sp³-hybridized carbons (Fsp3) is 0.278. The fourth-order valence-corrected chi connectivity index (χ4v) is 4.46. The Morgan fingerprint density at radius 3 is 2.75 bits per heavy atom. The number of hydrogen-bond donors (Lipinski definition) is 1. The lowest BCUT2D eigenvalue weighted by atomic mass is 10.2. The number of rotatable bonds is 5. The van der Waals surface area contributed by atoms with E-state index in [1.807, 2.05) is 24.4 Å². The number of morpholine rings is 1. The summed E-state index contributed by atoms with van der Waals surface area (Å²) in [5, 5.41) is 10.9. The molecule has 146 valence electrons. The minimum absolute atomic E-state index is 0.0926. The number of hydrogen-bond acceptors (Lipinski definition) is 6. The summed E-state index contributed by atoms with van der Waals surface area (Å²) in [6.07, 6.45) is 1.81.